The Labute approximate surface area is 182 Å². The summed E-state index contributed by atoms with van der Waals surface area (Å²) < 4.78 is 15.7. The van der Waals surface area contributed by atoms with Crippen molar-refractivity contribution in [1.29, 1.82) is 0 Å². The number of hydrogen-bond acceptors (Lipinski definition) is 6. The molecule has 0 spiro atoms. The van der Waals surface area contributed by atoms with Gasteiger partial charge in [0.25, 0.3) is 5.91 Å². The van der Waals surface area contributed by atoms with Gasteiger partial charge in [0.05, 0.1) is 7.11 Å². The van der Waals surface area contributed by atoms with Crippen molar-refractivity contribution >= 4 is 18.2 Å². The first-order valence-corrected chi connectivity index (χ1v) is 11.1. The summed E-state index contributed by atoms with van der Waals surface area (Å²) in [5.74, 6) is 2.21. The molecule has 5 rings (SSSR count). The molecular weight excluding hydrogens is 398 g/mol. The van der Waals surface area contributed by atoms with E-state index in [4.69, 9.17) is 14.2 Å². The van der Waals surface area contributed by atoms with E-state index in [1.54, 1.807) is 12.1 Å². The number of methoxy groups -OCH3 is 1. The van der Waals surface area contributed by atoms with Gasteiger partial charge in [0.1, 0.15) is 6.29 Å². The number of benzene rings is 1. The maximum Gasteiger partial charge on any atom is 0.344 e. The van der Waals surface area contributed by atoms with E-state index in [2.05, 4.69) is 12.2 Å². The average molecular weight is 430 g/mol. The van der Waals surface area contributed by atoms with Crippen molar-refractivity contribution in [2.24, 2.45) is 23.2 Å². The van der Waals surface area contributed by atoms with Crippen LogP contribution >= 0.6 is 0 Å². The highest BCUT2D eigenvalue weighted by molar-refractivity contribution is 5.81. The van der Waals surface area contributed by atoms with Crippen LogP contribution in [0.4, 0.5) is 0 Å². The van der Waals surface area contributed by atoms with E-state index in [0.29, 0.717) is 23.3 Å². The Morgan fingerprint density at radius 2 is 1.74 bits per heavy atom. The average Bonchev–Trinajstić information content (AvgIpc) is 2.75. The molecule has 0 saturated heterocycles. The van der Waals surface area contributed by atoms with Gasteiger partial charge in [-0.25, -0.2) is 4.79 Å². The highest BCUT2D eigenvalue weighted by Crippen LogP contribution is 2.61. The van der Waals surface area contributed by atoms with E-state index in [9.17, 15) is 14.4 Å². The van der Waals surface area contributed by atoms with Gasteiger partial charge in [0.2, 0.25) is 0 Å². The fraction of sp³-hybridized carbons (Fsp3) is 0.625. The largest absolute Gasteiger partial charge is 0.493 e. The molecule has 1 aromatic carbocycles. The fourth-order valence-electron chi connectivity index (χ4n) is 6.35. The number of carbonyl (C=O) groups excluding carboxylic acids is 3. The molecule has 0 unspecified atom stereocenters. The molecule has 1 amide bonds. The van der Waals surface area contributed by atoms with E-state index in [0.717, 1.165) is 17.8 Å². The van der Waals surface area contributed by atoms with Crippen molar-refractivity contribution in [2.45, 2.75) is 51.5 Å². The molecule has 4 saturated carbocycles. The van der Waals surface area contributed by atoms with Gasteiger partial charge in [-0.2, -0.15) is 0 Å². The number of hydrogen-bond donors (Lipinski definition) is 1. The summed E-state index contributed by atoms with van der Waals surface area (Å²) in [6, 6.07) is 4.72. The Kier molecular flexibility index (Phi) is 6.21. The third-order valence-electron chi connectivity index (χ3n) is 7.42. The summed E-state index contributed by atoms with van der Waals surface area (Å²) in [5.41, 5.74) is 0.651. The van der Waals surface area contributed by atoms with Crippen LogP contribution in [0, 0.1) is 23.2 Å². The lowest BCUT2D eigenvalue weighted by molar-refractivity contribution is -0.151. The van der Waals surface area contributed by atoms with Gasteiger partial charge in [-0.1, -0.05) is 0 Å². The number of carbonyl (C=O) groups is 3. The van der Waals surface area contributed by atoms with Crippen LogP contribution in [0.3, 0.4) is 0 Å². The maximum absolute atomic E-state index is 12.4. The van der Waals surface area contributed by atoms with Gasteiger partial charge in [0, 0.05) is 11.6 Å². The molecule has 168 valence electrons. The molecule has 0 aromatic heterocycles. The zero-order chi connectivity index (χ0) is 22.0. The molecule has 1 N–H and O–H groups in total. The van der Waals surface area contributed by atoms with Crippen LogP contribution in [0.1, 0.15) is 55.8 Å². The summed E-state index contributed by atoms with van der Waals surface area (Å²) in [4.78, 5) is 35.3. The number of rotatable bonds is 9. The summed E-state index contributed by atoms with van der Waals surface area (Å²) >= 11 is 0. The highest BCUT2D eigenvalue weighted by atomic mass is 16.6. The Morgan fingerprint density at radius 3 is 2.32 bits per heavy atom. The minimum absolute atomic E-state index is 0.0870. The first kappa shape index (κ1) is 21.7. The number of esters is 1. The van der Waals surface area contributed by atoms with Gasteiger partial charge in [-0.15, -0.1) is 0 Å². The zero-order valence-electron chi connectivity index (χ0n) is 18.2. The SMILES string of the molecule is COc1cc(C=O)ccc1OCC(=O)OCC(=O)N[C@@H](C)C12CC3CC(CC(C3)C1)C2. The predicted molar refractivity (Wildman–Crippen MR) is 113 cm³/mol. The van der Waals surface area contributed by atoms with E-state index >= 15 is 0 Å². The molecule has 0 heterocycles. The van der Waals surface area contributed by atoms with Crippen LogP contribution in [-0.2, 0) is 14.3 Å². The second kappa shape index (κ2) is 8.89. The number of aldehydes is 1. The van der Waals surface area contributed by atoms with Crippen molar-refractivity contribution in [3.05, 3.63) is 23.8 Å². The molecule has 1 aromatic rings. The third kappa shape index (κ3) is 4.70. The molecule has 31 heavy (non-hydrogen) atoms. The Bertz CT molecular complexity index is 815. The van der Waals surface area contributed by atoms with Crippen molar-refractivity contribution in [1.82, 2.24) is 5.32 Å². The first-order chi connectivity index (χ1) is 14.9. The van der Waals surface area contributed by atoms with E-state index < -0.39 is 5.97 Å². The van der Waals surface area contributed by atoms with Crippen molar-refractivity contribution in [2.75, 3.05) is 20.3 Å². The van der Waals surface area contributed by atoms with Crippen molar-refractivity contribution in [3.8, 4) is 11.5 Å². The van der Waals surface area contributed by atoms with E-state index in [1.165, 1.54) is 51.7 Å². The first-order valence-electron chi connectivity index (χ1n) is 11.1. The van der Waals surface area contributed by atoms with Crippen molar-refractivity contribution in [3.63, 3.8) is 0 Å². The van der Waals surface area contributed by atoms with Crippen LogP contribution in [0.5, 0.6) is 11.5 Å². The molecule has 0 radical (unpaired) electrons. The van der Waals surface area contributed by atoms with Gasteiger partial charge in [-0.05, 0) is 86.8 Å². The number of amides is 1. The van der Waals surface area contributed by atoms with Gasteiger partial charge in [-0.3, -0.25) is 9.59 Å². The van der Waals surface area contributed by atoms with Crippen molar-refractivity contribution < 1.29 is 28.6 Å². The quantitative estimate of drug-likeness (QED) is 0.479. The van der Waals surface area contributed by atoms with Crippen LogP contribution in [0.25, 0.3) is 0 Å². The number of ether oxygens (including phenoxy) is 3. The lowest BCUT2D eigenvalue weighted by atomic mass is 9.48. The zero-order valence-corrected chi connectivity index (χ0v) is 18.2. The molecule has 4 aliphatic carbocycles. The summed E-state index contributed by atoms with van der Waals surface area (Å²) in [6.07, 6.45) is 8.40. The summed E-state index contributed by atoms with van der Waals surface area (Å²) in [7, 11) is 1.45. The normalized spacial score (nSPS) is 29.2. The van der Waals surface area contributed by atoms with E-state index in [1.807, 2.05) is 0 Å². The predicted octanol–water partition coefficient (Wildman–Crippen LogP) is 3.15. The van der Waals surface area contributed by atoms with Crippen LogP contribution in [0.2, 0.25) is 0 Å². The highest BCUT2D eigenvalue weighted by Gasteiger charge is 2.53. The molecule has 4 fully saturated rings. The molecule has 1 atom stereocenters. The second-order valence-electron chi connectivity index (χ2n) is 9.55. The number of nitrogens with one attached hydrogen (secondary N) is 1. The molecular formula is C24H31NO6. The lowest BCUT2D eigenvalue weighted by Crippen LogP contribution is -2.56. The molecule has 4 aliphatic rings. The summed E-state index contributed by atoms with van der Waals surface area (Å²) in [5, 5.41) is 3.09. The second-order valence-corrected chi connectivity index (χ2v) is 9.55. The molecule has 4 bridgehead atoms. The van der Waals surface area contributed by atoms with Gasteiger partial charge in [0.15, 0.2) is 24.7 Å². The summed E-state index contributed by atoms with van der Waals surface area (Å²) in [6.45, 7) is 1.43. The maximum atomic E-state index is 12.4. The third-order valence-corrected chi connectivity index (χ3v) is 7.42. The fourth-order valence-corrected chi connectivity index (χ4v) is 6.35. The molecule has 7 heteroatoms. The van der Waals surface area contributed by atoms with Crippen LogP contribution < -0.4 is 14.8 Å². The smallest absolute Gasteiger partial charge is 0.344 e. The Hall–Kier alpha value is -2.57. The van der Waals surface area contributed by atoms with Crippen LogP contribution in [-0.4, -0.2) is 44.5 Å². The van der Waals surface area contributed by atoms with Gasteiger partial charge < -0.3 is 19.5 Å². The minimum atomic E-state index is -0.640. The monoisotopic (exact) mass is 429 g/mol. The van der Waals surface area contributed by atoms with E-state index in [-0.39, 0.29) is 30.6 Å². The standard InChI is InChI=1S/C24H31NO6/c1-15(24-9-17-5-18(10-24)7-19(6-17)11-24)25-22(27)13-31-23(28)14-30-20-4-3-16(12-26)8-21(20)29-2/h3-4,8,12,15,17-19H,5-7,9-11,13-14H2,1-2H3,(H,25,27)/t15-,17?,18?,19?,24?/m0/s1. The molecule has 0 aliphatic heterocycles. The minimum Gasteiger partial charge on any atom is -0.493 e. The molecule has 7 nitrogen and oxygen atoms in total. The topological polar surface area (TPSA) is 90.9 Å². The van der Waals surface area contributed by atoms with Gasteiger partial charge >= 0.3 is 5.97 Å². The van der Waals surface area contributed by atoms with Crippen LogP contribution in [0.15, 0.2) is 18.2 Å². The Morgan fingerprint density at radius 1 is 1.10 bits per heavy atom. The Balaban J connectivity index is 1.23. The lowest BCUT2D eigenvalue weighted by Gasteiger charge is -2.59.